The fourth-order valence-electron chi connectivity index (χ4n) is 3.06. The molecular formula is C15H17N3O. The molecule has 1 atom stereocenters. The molecule has 0 spiro atoms. The zero-order valence-electron chi connectivity index (χ0n) is 10.9. The number of nitrogens with zero attached hydrogens (tertiary/aromatic N) is 2. The molecule has 19 heavy (non-hydrogen) atoms. The molecule has 2 aliphatic rings. The molecule has 1 amide bonds. The third-order valence-electron chi connectivity index (χ3n) is 4.09. The van der Waals surface area contributed by atoms with Crippen molar-refractivity contribution in [3.05, 3.63) is 40.7 Å². The molecule has 0 aromatic heterocycles. The van der Waals surface area contributed by atoms with Crippen LogP contribution < -0.4 is 5.32 Å². The van der Waals surface area contributed by atoms with Crippen molar-refractivity contribution in [3.8, 4) is 0 Å². The van der Waals surface area contributed by atoms with Crippen molar-refractivity contribution < 1.29 is 4.79 Å². The number of piperazine rings is 1. The van der Waals surface area contributed by atoms with Crippen LogP contribution in [0.4, 0.5) is 5.69 Å². The number of carbonyl (C=O) groups excluding carboxylic acids is 1. The van der Waals surface area contributed by atoms with Crippen LogP contribution in [-0.2, 0) is 11.2 Å². The summed E-state index contributed by atoms with van der Waals surface area (Å²) >= 11 is 0. The Hall–Kier alpha value is -1.86. The van der Waals surface area contributed by atoms with Crippen LogP contribution >= 0.6 is 0 Å². The largest absolute Gasteiger partial charge is 0.340 e. The predicted octanol–water partition coefficient (Wildman–Crippen LogP) is 1.70. The van der Waals surface area contributed by atoms with E-state index in [9.17, 15) is 4.79 Å². The number of carbonyl (C=O) groups is 1. The zero-order chi connectivity index (χ0) is 13.2. The van der Waals surface area contributed by atoms with Gasteiger partial charge in [-0.2, -0.15) is 0 Å². The Bertz CT molecular complexity index is 547. The molecule has 1 saturated heterocycles. The van der Waals surface area contributed by atoms with E-state index in [1.165, 1.54) is 11.1 Å². The van der Waals surface area contributed by atoms with Gasteiger partial charge >= 0.3 is 0 Å². The van der Waals surface area contributed by atoms with Crippen molar-refractivity contribution in [2.45, 2.75) is 18.8 Å². The first-order chi connectivity index (χ1) is 9.28. The predicted molar refractivity (Wildman–Crippen MR) is 73.2 cm³/mol. The minimum absolute atomic E-state index is 0.206. The molecule has 1 aliphatic heterocycles. The van der Waals surface area contributed by atoms with Gasteiger partial charge in [-0.05, 0) is 18.4 Å². The van der Waals surface area contributed by atoms with E-state index in [4.69, 9.17) is 6.57 Å². The third kappa shape index (κ3) is 2.34. The third-order valence-corrected chi connectivity index (χ3v) is 4.09. The van der Waals surface area contributed by atoms with Crippen LogP contribution in [-0.4, -0.2) is 37.0 Å². The molecule has 0 radical (unpaired) electrons. The topological polar surface area (TPSA) is 36.7 Å². The molecule has 0 saturated carbocycles. The Labute approximate surface area is 113 Å². The summed E-state index contributed by atoms with van der Waals surface area (Å²) in [5, 5.41) is 3.10. The monoisotopic (exact) mass is 255 g/mol. The quantitative estimate of drug-likeness (QED) is 0.817. The van der Waals surface area contributed by atoms with Crippen molar-refractivity contribution in [3.63, 3.8) is 0 Å². The van der Waals surface area contributed by atoms with E-state index in [0.29, 0.717) is 12.5 Å². The number of amides is 1. The second-order valence-corrected chi connectivity index (χ2v) is 5.25. The highest BCUT2D eigenvalue weighted by Gasteiger charge is 2.27. The van der Waals surface area contributed by atoms with Gasteiger partial charge in [-0.25, -0.2) is 4.85 Å². The van der Waals surface area contributed by atoms with Crippen molar-refractivity contribution in [1.29, 1.82) is 0 Å². The molecule has 4 heteroatoms. The summed E-state index contributed by atoms with van der Waals surface area (Å²) in [5.74, 6) is 0.648. The summed E-state index contributed by atoms with van der Waals surface area (Å²) in [5.41, 5.74) is 3.34. The Kier molecular flexibility index (Phi) is 3.22. The maximum Gasteiger partial charge on any atom is 0.236 e. The molecule has 1 N–H and O–H groups in total. The summed E-state index contributed by atoms with van der Waals surface area (Å²) in [6.07, 6.45) is 2.12. The minimum atomic E-state index is 0.206. The lowest BCUT2D eigenvalue weighted by Gasteiger charge is -2.30. The number of nitrogens with one attached hydrogen (secondary N) is 1. The van der Waals surface area contributed by atoms with Crippen LogP contribution in [0.25, 0.3) is 4.85 Å². The summed E-state index contributed by atoms with van der Waals surface area (Å²) in [7, 11) is 0. The smallest absolute Gasteiger partial charge is 0.236 e. The number of fused-ring (bicyclic) bond motifs is 1. The lowest BCUT2D eigenvalue weighted by Crippen LogP contribution is -2.49. The van der Waals surface area contributed by atoms with E-state index >= 15 is 0 Å². The molecule has 3 rings (SSSR count). The number of hydrogen-bond donors (Lipinski definition) is 1. The highest BCUT2D eigenvalue weighted by Crippen LogP contribution is 2.35. The van der Waals surface area contributed by atoms with Gasteiger partial charge in [-0.3, -0.25) is 4.79 Å². The van der Waals surface area contributed by atoms with Crippen molar-refractivity contribution in [2.75, 3.05) is 26.2 Å². The average molecular weight is 255 g/mol. The van der Waals surface area contributed by atoms with Crippen LogP contribution in [0.3, 0.4) is 0 Å². The fourth-order valence-corrected chi connectivity index (χ4v) is 3.06. The maximum atomic E-state index is 11.8. The lowest BCUT2D eigenvalue weighted by atomic mass is 10.00. The van der Waals surface area contributed by atoms with Gasteiger partial charge in [0.05, 0.1) is 13.1 Å². The van der Waals surface area contributed by atoms with E-state index in [2.05, 4.69) is 16.2 Å². The summed E-state index contributed by atoms with van der Waals surface area (Å²) in [4.78, 5) is 17.3. The lowest BCUT2D eigenvalue weighted by molar-refractivity contribution is -0.132. The first-order valence-electron chi connectivity index (χ1n) is 6.76. The second-order valence-electron chi connectivity index (χ2n) is 5.25. The highest BCUT2D eigenvalue weighted by atomic mass is 16.2. The molecule has 1 aromatic rings. The molecule has 98 valence electrons. The Morgan fingerprint density at radius 2 is 2.37 bits per heavy atom. The Morgan fingerprint density at radius 3 is 3.16 bits per heavy atom. The summed E-state index contributed by atoms with van der Waals surface area (Å²) < 4.78 is 0. The standard InChI is InChI=1S/C15H17N3O/c1-16-13-4-5-14-11(8-13)2-3-12(14)10-18-7-6-17-9-15(18)19/h4-5,8,12,17H,2-3,6-7,9-10H2. The van der Waals surface area contributed by atoms with E-state index in [1.807, 2.05) is 17.0 Å². The Morgan fingerprint density at radius 1 is 1.47 bits per heavy atom. The molecule has 1 unspecified atom stereocenters. The van der Waals surface area contributed by atoms with Gasteiger partial charge in [0.1, 0.15) is 0 Å². The first-order valence-corrected chi connectivity index (χ1v) is 6.76. The van der Waals surface area contributed by atoms with Gasteiger partial charge in [0.15, 0.2) is 5.69 Å². The fraction of sp³-hybridized carbons (Fsp3) is 0.467. The average Bonchev–Trinajstić information content (AvgIpc) is 2.83. The van der Waals surface area contributed by atoms with Crippen molar-refractivity contribution >= 4 is 11.6 Å². The molecular weight excluding hydrogens is 238 g/mol. The van der Waals surface area contributed by atoms with Crippen LogP contribution in [0.1, 0.15) is 23.5 Å². The minimum Gasteiger partial charge on any atom is -0.340 e. The van der Waals surface area contributed by atoms with E-state index in [0.717, 1.165) is 38.2 Å². The van der Waals surface area contributed by atoms with Gasteiger partial charge < -0.3 is 10.2 Å². The number of rotatable bonds is 2. The maximum absolute atomic E-state index is 11.8. The molecule has 4 nitrogen and oxygen atoms in total. The molecule has 1 fully saturated rings. The van der Waals surface area contributed by atoms with Crippen LogP contribution in [0, 0.1) is 6.57 Å². The number of aryl methyl sites for hydroxylation is 1. The van der Waals surface area contributed by atoms with E-state index in [-0.39, 0.29) is 5.91 Å². The van der Waals surface area contributed by atoms with E-state index in [1.54, 1.807) is 0 Å². The molecule has 1 aromatic carbocycles. The first kappa shape index (κ1) is 12.2. The van der Waals surface area contributed by atoms with Crippen LogP contribution in [0.2, 0.25) is 0 Å². The van der Waals surface area contributed by atoms with E-state index < -0.39 is 0 Å². The summed E-state index contributed by atoms with van der Waals surface area (Å²) in [6.45, 7) is 10.0. The van der Waals surface area contributed by atoms with Crippen molar-refractivity contribution in [1.82, 2.24) is 10.2 Å². The van der Waals surface area contributed by atoms with Gasteiger partial charge in [-0.15, -0.1) is 0 Å². The van der Waals surface area contributed by atoms with Gasteiger partial charge in [0.25, 0.3) is 0 Å². The van der Waals surface area contributed by atoms with Crippen LogP contribution in [0.15, 0.2) is 18.2 Å². The van der Waals surface area contributed by atoms with Crippen LogP contribution in [0.5, 0.6) is 0 Å². The Balaban J connectivity index is 1.75. The zero-order valence-corrected chi connectivity index (χ0v) is 10.9. The highest BCUT2D eigenvalue weighted by molar-refractivity contribution is 5.79. The molecule has 1 aliphatic carbocycles. The normalized spacial score (nSPS) is 22.2. The second kappa shape index (κ2) is 5.02. The van der Waals surface area contributed by atoms with Gasteiger partial charge in [0.2, 0.25) is 5.91 Å². The van der Waals surface area contributed by atoms with Crippen molar-refractivity contribution in [2.24, 2.45) is 0 Å². The summed E-state index contributed by atoms with van der Waals surface area (Å²) in [6, 6.07) is 5.97. The van der Waals surface area contributed by atoms with Gasteiger partial charge in [0, 0.05) is 25.6 Å². The number of benzene rings is 1. The SMILES string of the molecule is [C-]#[N+]c1ccc2c(c1)CCC2CN1CCNCC1=O. The molecule has 1 heterocycles. The molecule has 0 bridgehead atoms. The van der Waals surface area contributed by atoms with Gasteiger partial charge in [-0.1, -0.05) is 23.8 Å². The number of hydrogen-bond acceptors (Lipinski definition) is 2.